The number of benzene rings is 2. The highest BCUT2D eigenvalue weighted by molar-refractivity contribution is 9.10. The van der Waals surface area contributed by atoms with Gasteiger partial charge in [-0.1, -0.05) is 17.7 Å². The van der Waals surface area contributed by atoms with Crippen molar-refractivity contribution in [3.05, 3.63) is 57.3 Å². The number of nitrogens with two attached hydrogens (primary N) is 1. The number of halogens is 3. The molecule has 2 aromatic carbocycles. The molecule has 4 nitrogen and oxygen atoms in total. The number of hydrogen-bond donors (Lipinski definition) is 2. The van der Waals surface area contributed by atoms with Gasteiger partial charge in [-0.3, -0.25) is 4.72 Å². The van der Waals surface area contributed by atoms with Crippen molar-refractivity contribution in [1.29, 1.82) is 0 Å². The molecule has 2 aromatic rings. The first kappa shape index (κ1) is 16.2. The smallest absolute Gasteiger partial charge is 0.263 e. The Labute approximate surface area is 135 Å². The van der Waals surface area contributed by atoms with Crippen molar-refractivity contribution >= 4 is 43.2 Å². The van der Waals surface area contributed by atoms with Gasteiger partial charge in [0.25, 0.3) is 10.0 Å². The maximum Gasteiger partial charge on any atom is 0.263 e. The van der Waals surface area contributed by atoms with Gasteiger partial charge in [0, 0.05) is 11.0 Å². The SMILES string of the molecule is NCc1ccc(S(=O)(=O)Nc2cc(F)ccc2Cl)c(Br)c1. The summed E-state index contributed by atoms with van der Waals surface area (Å²) >= 11 is 9.04. The van der Waals surface area contributed by atoms with Crippen LogP contribution < -0.4 is 10.5 Å². The summed E-state index contributed by atoms with van der Waals surface area (Å²) in [5, 5.41) is 0.106. The first-order chi connectivity index (χ1) is 9.83. The van der Waals surface area contributed by atoms with Gasteiger partial charge < -0.3 is 5.73 Å². The number of rotatable bonds is 4. The molecule has 2 rings (SSSR count). The Kier molecular flexibility index (Phi) is 4.88. The minimum absolute atomic E-state index is 0.0139. The standard InChI is InChI=1S/C13H11BrClFN2O2S/c14-10-5-8(7-17)1-4-13(10)21(19,20)18-12-6-9(16)2-3-11(12)15/h1-6,18H,7,17H2. The van der Waals surface area contributed by atoms with Crippen LogP contribution in [0.2, 0.25) is 5.02 Å². The van der Waals surface area contributed by atoms with E-state index in [1.807, 2.05) is 0 Å². The van der Waals surface area contributed by atoms with Crippen molar-refractivity contribution in [3.63, 3.8) is 0 Å². The van der Waals surface area contributed by atoms with Gasteiger partial charge in [0.15, 0.2) is 0 Å². The predicted molar refractivity (Wildman–Crippen MR) is 84.3 cm³/mol. The van der Waals surface area contributed by atoms with E-state index in [9.17, 15) is 12.8 Å². The minimum Gasteiger partial charge on any atom is -0.326 e. The second-order valence-corrected chi connectivity index (χ2v) is 7.11. The Hall–Kier alpha value is -1.15. The summed E-state index contributed by atoms with van der Waals surface area (Å²) in [6.07, 6.45) is 0. The Morgan fingerprint density at radius 3 is 2.57 bits per heavy atom. The number of sulfonamides is 1. The molecule has 0 unspecified atom stereocenters. The largest absolute Gasteiger partial charge is 0.326 e. The van der Waals surface area contributed by atoms with Crippen molar-refractivity contribution in [3.8, 4) is 0 Å². The first-order valence-electron chi connectivity index (χ1n) is 5.80. The van der Waals surface area contributed by atoms with Crippen LogP contribution in [0.4, 0.5) is 10.1 Å². The van der Waals surface area contributed by atoms with E-state index in [0.717, 1.165) is 17.7 Å². The van der Waals surface area contributed by atoms with Crippen LogP contribution in [0.3, 0.4) is 0 Å². The Morgan fingerprint density at radius 1 is 1.24 bits per heavy atom. The predicted octanol–water partition coefficient (Wildman–Crippen LogP) is 3.50. The zero-order chi connectivity index (χ0) is 15.6. The van der Waals surface area contributed by atoms with Gasteiger partial charge in [-0.05, 0) is 51.8 Å². The zero-order valence-corrected chi connectivity index (χ0v) is 13.8. The normalized spacial score (nSPS) is 11.4. The van der Waals surface area contributed by atoms with Crippen LogP contribution in [0.1, 0.15) is 5.56 Å². The number of anilines is 1. The fourth-order valence-electron chi connectivity index (χ4n) is 1.66. The number of hydrogen-bond acceptors (Lipinski definition) is 3. The third-order valence-electron chi connectivity index (χ3n) is 2.69. The quantitative estimate of drug-likeness (QED) is 0.835. The second-order valence-electron chi connectivity index (χ2n) is 4.20. The van der Waals surface area contributed by atoms with E-state index < -0.39 is 15.8 Å². The van der Waals surface area contributed by atoms with Crippen LogP contribution >= 0.6 is 27.5 Å². The fourth-order valence-corrected chi connectivity index (χ4v) is 4.08. The monoisotopic (exact) mass is 392 g/mol. The van der Waals surface area contributed by atoms with E-state index in [-0.39, 0.29) is 15.6 Å². The van der Waals surface area contributed by atoms with Crippen molar-refractivity contribution in [2.45, 2.75) is 11.4 Å². The molecule has 0 bridgehead atoms. The Morgan fingerprint density at radius 2 is 1.95 bits per heavy atom. The molecular weight excluding hydrogens is 383 g/mol. The van der Waals surface area contributed by atoms with Gasteiger partial charge in [-0.25, -0.2) is 12.8 Å². The Balaban J connectivity index is 2.41. The minimum atomic E-state index is -3.90. The Bertz CT molecular complexity index is 784. The molecule has 0 aromatic heterocycles. The summed E-state index contributed by atoms with van der Waals surface area (Å²) < 4.78 is 40.5. The molecule has 0 saturated heterocycles. The number of nitrogens with one attached hydrogen (secondary N) is 1. The molecule has 0 saturated carbocycles. The maximum absolute atomic E-state index is 13.2. The van der Waals surface area contributed by atoms with Crippen LogP contribution in [0.25, 0.3) is 0 Å². The van der Waals surface area contributed by atoms with Crippen LogP contribution in [0, 0.1) is 5.82 Å². The van der Waals surface area contributed by atoms with E-state index in [2.05, 4.69) is 20.7 Å². The zero-order valence-electron chi connectivity index (χ0n) is 10.6. The second kappa shape index (κ2) is 6.31. The maximum atomic E-state index is 13.2. The summed E-state index contributed by atoms with van der Waals surface area (Å²) in [4.78, 5) is 0.0139. The summed E-state index contributed by atoms with van der Waals surface area (Å²) in [6, 6.07) is 8.07. The lowest BCUT2D eigenvalue weighted by Crippen LogP contribution is -2.14. The highest BCUT2D eigenvalue weighted by Crippen LogP contribution is 2.28. The van der Waals surface area contributed by atoms with Crippen LogP contribution in [0.15, 0.2) is 45.8 Å². The van der Waals surface area contributed by atoms with E-state index >= 15 is 0 Å². The van der Waals surface area contributed by atoms with Crippen LogP contribution in [0.5, 0.6) is 0 Å². The molecule has 0 aliphatic rings. The van der Waals surface area contributed by atoms with E-state index in [4.69, 9.17) is 17.3 Å². The van der Waals surface area contributed by atoms with Gasteiger partial charge in [0.05, 0.1) is 10.7 Å². The fraction of sp³-hybridized carbons (Fsp3) is 0.0769. The average molecular weight is 394 g/mol. The average Bonchev–Trinajstić information content (AvgIpc) is 2.42. The van der Waals surface area contributed by atoms with Crippen molar-refractivity contribution in [2.75, 3.05) is 4.72 Å². The van der Waals surface area contributed by atoms with Crippen molar-refractivity contribution < 1.29 is 12.8 Å². The molecule has 3 N–H and O–H groups in total. The third-order valence-corrected chi connectivity index (χ3v) is 5.37. The van der Waals surface area contributed by atoms with Crippen LogP contribution in [-0.4, -0.2) is 8.42 Å². The highest BCUT2D eigenvalue weighted by atomic mass is 79.9. The molecule has 0 fully saturated rings. The lowest BCUT2D eigenvalue weighted by atomic mass is 10.2. The molecule has 21 heavy (non-hydrogen) atoms. The summed E-state index contributed by atoms with van der Waals surface area (Å²) in [5.41, 5.74) is 6.25. The van der Waals surface area contributed by atoms with Gasteiger partial charge >= 0.3 is 0 Å². The molecule has 0 amide bonds. The van der Waals surface area contributed by atoms with Gasteiger partial charge in [-0.15, -0.1) is 0 Å². The summed E-state index contributed by atoms with van der Waals surface area (Å²) in [5.74, 6) is -0.588. The molecule has 8 heteroatoms. The topological polar surface area (TPSA) is 72.2 Å². The summed E-state index contributed by atoms with van der Waals surface area (Å²) in [7, 11) is -3.90. The van der Waals surface area contributed by atoms with Crippen molar-refractivity contribution in [1.82, 2.24) is 0 Å². The molecule has 0 spiro atoms. The molecule has 0 radical (unpaired) electrons. The van der Waals surface area contributed by atoms with Crippen LogP contribution in [-0.2, 0) is 16.6 Å². The highest BCUT2D eigenvalue weighted by Gasteiger charge is 2.19. The lowest BCUT2D eigenvalue weighted by molar-refractivity contribution is 0.600. The van der Waals surface area contributed by atoms with Gasteiger partial charge in [-0.2, -0.15) is 0 Å². The molecular formula is C13H11BrClFN2O2S. The van der Waals surface area contributed by atoms with E-state index in [0.29, 0.717) is 11.0 Å². The van der Waals surface area contributed by atoms with E-state index in [1.54, 1.807) is 12.1 Å². The molecule has 0 heterocycles. The molecule has 0 atom stereocenters. The lowest BCUT2D eigenvalue weighted by Gasteiger charge is -2.11. The third kappa shape index (κ3) is 3.74. The van der Waals surface area contributed by atoms with E-state index in [1.165, 1.54) is 12.1 Å². The summed E-state index contributed by atoms with van der Waals surface area (Å²) in [6.45, 7) is 0.294. The molecule has 0 aliphatic carbocycles. The van der Waals surface area contributed by atoms with Gasteiger partial charge in [0.1, 0.15) is 10.7 Å². The molecule has 0 aliphatic heterocycles. The first-order valence-corrected chi connectivity index (χ1v) is 8.45. The van der Waals surface area contributed by atoms with Crippen molar-refractivity contribution in [2.24, 2.45) is 5.73 Å². The van der Waals surface area contributed by atoms with Gasteiger partial charge in [0.2, 0.25) is 0 Å². The molecule has 112 valence electrons.